The van der Waals surface area contributed by atoms with Gasteiger partial charge in [-0.2, -0.15) is 5.10 Å². The number of ether oxygens (including phenoxy) is 1. The van der Waals surface area contributed by atoms with Gasteiger partial charge in [0.2, 0.25) is 0 Å². The van der Waals surface area contributed by atoms with E-state index in [-0.39, 0.29) is 5.91 Å². The third kappa shape index (κ3) is 4.45. The van der Waals surface area contributed by atoms with Crippen LogP contribution in [0.15, 0.2) is 59.2 Å². The molecular formula is C19H17BrClN3O2. The Bertz CT molecular complexity index is 909. The fraction of sp³-hybridized carbons (Fsp3) is 0.158. The molecule has 0 saturated heterocycles. The second-order valence-electron chi connectivity index (χ2n) is 5.53. The van der Waals surface area contributed by atoms with Crippen LogP contribution in [0.4, 0.5) is 5.82 Å². The summed E-state index contributed by atoms with van der Waals surface area (Å²) in [6, 6.07) is 14.7. The SMILES string of the molecule is CCOc1ccccc1C(=O)Nc1nn(Cc2ccc(Cl)cc2)cc1Br. The van der Waals surface area contributed by atoms with Crippen LogP contribution in [-0.4, -0.2) is 22.3 Å². The van der Waals surface area contributed by atoms with E-state index in [1.807, 2.05) is 43.5 Å². The van der Waals surface area contributed by atoms with Gasteiger partial charge < -0.3 is 10.1 Å². The van der Waals surface area contributed by atoms with Crippen molar-refractivity contribution in [1.82, 2.24) is 9.78 Å². The van der Waals surface area contributed by atoms with Crippen molar-refractivity contribution < 1.29 is 9.53 Å². The highest BCUT2D eigenvalue weighted by Crippen LogP contribution is 2.24. The molecule has 0 aliphatic carbocycles. The van der Waals surface area contributed by atoms with Gasteiger partial charge in [0.05, 0.1) is 23.2 Å². The maximum atomic E-state index is 12.6. The van der Waals surface area contributed by atoms with Crippen molar-refractivity contribution in [2.24, 2.45) is 0 Å². The van der Waals surface area contributed by atoms with Gasteiger partial charge in [-0.05, 0) is 52.7 Å². The summed E-state index contributed by atoms with van der Waals surface area (Å²) < 4.78 is 7.96. The molecule has 0 radical (unpaired) electrons. The summed E-state index contributed by atoms with van der Waals surface area (Å²) in [5, 5.41) is 7.95. The van der Waals surface area contributed by atoms with Crippen LogP contribution in [0.3, 0.4) is 0 Å². The third-order valence-electron chi connectivity index (χ3n) is 3.64. The predicted molar refractivity (Wildman–Crippen MR) is 106 cm³/mol. The van der Waals surface area contributed by atoms with E-state index in [4.69, 9.17) is 16.3 Å². The number of hydrogen-bond donors (Lipinski definition) is 1. The van der Waals surface area contributed by atoms with Crippen LogP contribution in [0, 0.1) is 0 Å². The van der Waals surface area contributed by atoms with Crippen LogP contribution < -0.4 is 10.1 Å². The quantitative estimate of drug-likeness (QED) is 0.594. The lowest BCUT2D eigenvalue weighted by Crippen LogP contribution is -2.14. The Morgan fingerprint density at radius 3 is 2.69 bits per heavy atom. The highest BCUT2D eigenvalue weighted by atomic mass is 79.9. The molecule has 0 fully saturated rings. The Kier molecular flexibility index (Phi) is 5.96. The number of carbonyl (C=O) groups excluding carboxylic acids is 1. The van der Waals surface area contributed by atoms with Gasteiger partial charge in [0.15, 0.2) is 5.82 Å². The Balaban J connectivity index is 1.75. The number of hydrogen-bond acceptors (Lipinski definition) is 3. The first-order chi connectivity index (χ1) is 12.6. The minimum Gasteiger partial charge on any atom is -0.493 e. The summed E-state index contributed by atoms with van der Waals surface area (Å²) in [6.07, 6.45) is 1.82. The molecule has 0 spiro atoms. The number of amides is 1. The fourth-order valence-electron chi connectivity index (χ4n) is 2.45. The van der Waals surface area contributed by atoms with Gasteiger partial charge in [-0.25, -0.2) is 0 Å². The van der Waals surface area contributed by atoms with Crippen molar-refractivity contribution in [1.29, 1.82) is 0 Å². The summed E-state index contributed by atoms with van der Waals surface area (Å²) >= 11 is 9.35. The summed E-state index contributed by atoms with van der Waals surface area (Å²) in [4.78, 5) is 12.6. The monoisotopic (exact) mass is 433 g/mol. The largest absolute Gasteiger partial charge is 0.493 e. The maximum Gasteiger partial charge on any atom is 0.260 e. The lowest BCUT2D eigenvalue weighted by molar-refractivity contribution is 0.102. The minimum absolute atomic E-state index is 0.272. The number of rotatable bonds is 6. The van der Waals surface area contributed by atoms with E-state index in [1.165, 1.54) is 0 Å². The molecule has 1 amide bonds. The number of benzene rings is 2. The fourth-order valence-corrected chi connectivity index (χ4v) is 2.99. The second kappa shape index (κ2) is 8.38. The number of nitrogens with zero attached hydrogens (tertiary/aromatic N) is 2. The summed E-state index contributed by atoms with van der Waals surface area (Å²) in [7, 11) is 0. The van der Waals surface area contributed by atoms with E-state index in [1.54, 1.807) is 22.9 Å². The number of aromatic nitrogens is 2. The van der Waals surface area contributed by atoms with E-state index in [9.17, 15) is 4.79 Å². The summed E-state index contributed by atoms with van der Waals surface area (Å²) in [6.45, 7) is 2.94. The molecule has 3 aromatic rings. The Morgan fingerprint density at radius 1 is 1.23 bits per heavy atom. The zero-order chi connectivity index (χ0) is 18.5. The molecule has 134 valence electrons. The molecule has 1 heterocycles. The van der Waals surface area contributed by atoms with Gasteiger partial charge in [0, 0.05) is 11.2 Å². The van der Waals surface area contributed by atoms with Crippen molar-refractivity contribution in [2.75, 3.05) is 11.9 Å². The molecule has 0 bridgehead atoms. The van der Waals surface area contributed by atoms with Gasteiger partial charge in [0.1, 0.15) is 5.75 Å². The van der Waals surface area contributed by atoms with Crippen LogP contribution in [0.25, 0.3) is 0 Å². The maximum absolute atomic E-state index is 12.6. The molecule has 1 N–H and O–H groups in total. The Hall–Kier alpha value is -2.31. The van der Waals surface area contributed by atoms with Crippen molar-refractivity contribution in [2.45, 2.75) is 13.5 Å². The molecule has 2 aromatic carbocycles. The number of halogens is 2. The van der Waals surface area contributed by atoms with Crippen molar-refractivity contribution in [3.8, 4) is 5.75 Å². The normalized spacial score (nSPS) is 10.6. The molecular weight excluding hydrogens is 418 g/mol. The van der Waals surface area contributed by atoms with Gasteiger partial charge >= 0.3 is 0 Å². The average molecular weight is 435 g/mol. The molecule has 0 aliphatic heterocycles. The van der Waals surface area contributed by atoms with Gasteiger partial charge in [0.25, 0.3) is 5.91 Å². The highest BCUT2D eigenvalue weighted by molar-refractivity contribution is 9.10. The van der Waals surface area contributed by atoms with Crippen LogP contribution in [0.1, 0.15) is 22.8 Å². The first-order valence-electron chi connectivity index (χ1n) is 8.07. The molecule has 0 unspecified atom stereocenters. The van der Waals surface area contributed by atoms with Crippen LogP contribution in [0.2, 0.25) is 5.02 Å². The molecule has 0 saturated carbocycles. The van der Waals surface area contributed by atoms with Crippen molar-refractivity contribution in [3.05, 3.63) is 75.4 Å². The van der Waals surface area contributed by atoms with Crippen LogP contribution >= 0.6 is 27.5 Å². The molecule has 26 heavy (non-hydrogen) atoms. The third-order valence-corrected chi connectivity index (χ3v) is 4.47. The summed E-state index contributed by atoms with van der Waals surface area (Å²) in [5.74, 6) is 0.728. The van der Waals surface area contributed by atoms with Gasteiger partial charge in [-0.3, -0.25) is 9.48 Å². The minimum atomic E-state index is -0.272. The number of para-hydroxylation sites is 1. The molecule has 0 atom stereocenters. The highest BCUT2D eigenvalue weighted by Gasteiger charge is 2.15. The number of anilines is 1. The number of carbonyl (C=O) groups is 1. The first-order valence-corrected chi connectivity index (χ1v) is 9.24. The van der Waals surface area contributed by atoms with Crippen molar-refractivity contribution in [3.63, 3.8) is 0 Å². The van der Waals surface area contributed by atoms with E-state index >= 15 is 0 Å². The van der Waals surface area contributed by atoms with Gasteiger partial charge in [-0.1, -0.05) is 35.9 Å². The topological polar surface area (TPSA) is 56.1 Å². The average Bonchev–Trinajstić information content (AvgIpc) is 2.97. The molecule has 7 heteroatoms. The zero-order valence-electron chi connectivity index (χ0n) is 14.1. The molecule has 5 nitrogen and oxygen atoms in total. The molecule has 3 rings (SSSR count). The van der Waals surface area contributed by atoms with E-state index in [2.05, 4.69) is 26.3 Å². The lowest BCUT2D eigenvalue weighted by Gasteiger charge is -2.09. The standard InChI is InChI=1S/C19H17BrClN3O2/c1-2-26-17-6-4-3-5-15(17)19(25)22-18-16(20)12-24(23-18)11-13-7-9-14(21)10-8-13/h3-10,12H,2,11H2,1H3,(H,22,23,25). The molecule has 0 aliphatic rings. The molecule has 1 aromatic heterocycles. The zero-order valence-corrected chi connectivity index (χ0v) is 16.4. The smallest absolute Gasteiger partial charge is 0.260 e. The first kappa shape index (κ1) is 18.5. The summed E-state index contributed by atoms with van der Waals surface area (Å²) in [5.41, 5.74) is 1.53. The number of nitrogens with one attached hydrogen (secondary N) is 1. The Morgan fingerprint density at radius 2 is 1.96 bits per heavy atom. The van der Waals surface area contributed by atoms with E-state index in [0.717, 1.165) is 5.56 Å². The van der Waals surface area contributed by atoms with Crippen molar-refractivity contribution >= 4 is 39.3 Å². The predicted octanol–water partition coefficient (Wildman–Crippen LogP) is 5.00. The van der Waals surface area contributed by atoms with E-state index < -0.39 is 0 Å². The Labute approximate surface area is 165 Å². The lowest BCUT2D eigenvalue weighted by atomic mass is 10.2. The van der Waals surface area contributed by atoms with Gasteiger partial charge in [-0.15, -0.1) is 0 Å². The van der Waals surface area contributed by atoms with E-state index in [0.29, 0.717) is 39.8 Å². The second-order valence-corrected chi connectivity index (χ2v) is 6.82. The van der Waals surface area contributed by atoms with Crippen LogP contribution in [-0.2, 0) is 6.54 Å². The van der Waals surface area contributed by atoms with Crippen LogP contribution in [0.5, 0.6) is 5.75 Å².